The number of nitrogens with zero attached hydrogens (tertiary/aromatic N) is 1. The number of thiazole rings is 1. The van der Waals surface area contributed by atoms with E-state index >= 15 is 0 Å². The van der Waals surface area contributed by atoms with Crippen molar-refractivity contribution < 1.29 is 13.9 Å². The van der Waals surface area contributed by atoms with Crippen molar-refractivity contribution in [3.05, 3.63) is 68.9 Å². The Hall–Kier alpha value is -2.05. The molecule has 0 aliphatic heterocycles. The van der Waals surface area contributed by atoms with Crippen LogP contribution in [0.2, 0.25) is 0 Å². The van der Waals surface area contributed by atoms with Gasteiger partial charge in [0.05, 0.1) is 17.3 Å². The average molecular weight is 446 g/mol. The maximum atomic E-state index is 14.2. The van der Waals surface area contributed by atoms with Crippen LogP contribution in [0.4, 0.5) is 4.39 Å². The molecule has 1 heterocycles. The summed E-state index contributed by atoms with van der Waals surface area (Å²) in [6.07, 6.45) is 3.14. The van der Waals surface area contributed by atoms with Gasteiger partial charge in [-0.05, 0) is 70.6 Å². The molecule has 0 unspecified atom stereocenters. The Morgan fingerprint density at radius 2 is 2.07 bits per heavy atom. The van der Waals surface area contributed by atoms with Crippen LogP contribution in [-0.4, -0.2) is 18.1 Å². The van der Waals surface area contributed by atoms with Gasteiger partial charge in [-0.1, -0.05) is 24.3 Å². The zero-order valence-corrected chi connectivity index (χ0v) is 17.3. The third-order valence-corrected chi connectivity index (χ3v) is 6.89. The molecule has 6 heteroatoms. The van der Waals surface area contributed by atoms with E-state index in [-0.39, 0.29) is 11.8 Å². The summed E-state index contributed by atoms with van der Waals surface area (Å²) in [6, 6.07) is 10.8. The lowest BCUT2D eigenvalue weighted by Gasteiger charge is -2.26. The summed E-state index contributed by atoms with van der Waals surface area (Å²) < 4.78 is 21.3. The molecule has 0 fully saturated rings. The molecule has 0 bridgehead atoms. The summed E-state index contributed by atoms with van der Waals surface area (Å²) in [7, 11) is 1.37. The van der Waals surface area contributed by atoms with Crippen LogP contribution in [0, 0.1) is 12.7 Å². The quantitative estimate of drug-likeness (QED) is 0.478. The standard InChI is InChI=1S/C21H17BrFNO2S/c1-12-14(5-3-7-16(12)23)21(20(25)26-2)10-9-13(11-21)19-24-18-15(22)6-4-8-17(18)27-19/h3-8,11H,9-10H2,1-2H3/t21-/m0/s1. The van der Waals surface area contributed by atoms with E-state index in [0.717, 1.165) is 25.3 Å². The average Bonchev–Trinajstić information content (AvgIpc) is 3.29. The first kappa shape index (κ1) is 18.3. The topological polar surface area (TPSA) is 39.2 Å². The normalized spacial score (nSPS) is 19.3. The smallest absolute Gasteiger partial charge is 0.320 e. The van der Waals surface area contributed by atoms with E-state index in [1.165, 1.54) is 13.2 Å². The van der Waals surface area contributed by atoms with E-state index in [4.69, 9.17) is 9.72 Å². The van der Waals surface area contributed by atoms with Gasteiger partial charge in [-0.25, -0.2) is 9.37 Å². The molecule has 1 atom stereocenters. The SMILES string of the molecule is COC(=O)[C@]1(c2cccc(F)c2C)C=C(c2nc3c(Br)cccc3s2)CC1. The molecule has 0 amide bonds. The number of methoxy groups -OCH3 is 1. The fraction of sp³-hybridized carbons (Fsp3) is 0.238. The molecular weight excluding hydrogens is 429 g/mol. The Morgan fingerprint density at radius 3 is 2.81 bits per heavy atom. The highest BCUT2D eigenvalue weighted by Gasteiger charge is 2.45. The minimum Gasteiger partial charge on any atom is -0.468 e. The maximum absolute atomic E-state index is 14.2. The molecule has 27 heavy (non-hydrogen) atoms. The second-order valence-corrected chi connectivity index (χ2v) is 8.54. The molecule has 1 aliphatic rings. The van der Waals surface area contributed by atoms with Crippen LogP contribution in [0.15, 0.2) is 46.9 Å². The van der Waals surface area contributed by atoms with Gasteiger partial charge in [0.1, 0.15) is 16.2 Å². The Kier molecular flexibility index (Phi) is 4.64. The fourth-order valence-corrected chi connectivity index (χ4v) is 5.37. The second-order valence-electron chi connectivity index (χ2n) is 6.65. The highest BCUT2D eigenvalue weighted by Crippen LogP contribution is 2.46. The monoisotopic (exact) mass is 445 g/mol. The Morgan fingerprint density at radius 1 is 1.30 bits per heavy atom. The van der Waals surface area contributed by atoms with Crippen molar-refractivity contribution in [1.29, 1.82) is 0 Å². The number of rotatable bonds is 3. The Labute approximate surface area is 169 Å². The first-order valence-corrected chi connectivity index (χ1v) is 10.2. The third-order valence-electron chi connectivity index (χ3n) is 5.15. The summed E-state index contributed by atoms with van der Waals surface area (Å²) in [4.78, 5) is 17.5. The summed E-state index contributed by atoms with van der Waals surface area (Å²) in [5.41, 5.74) is 2.07. The molecule has 4 rings (SSSR count). The summed E-state index contributed by atoms with van der Waals surface area (Å²) in [6.45, 7) is 1.70. The van der Waals surface area contributed by atoms with Crippen LogP contribution in [-0.2, 0) is 14.9 Å². The predicted octanol–water partition coefficient (Wildman–Crippen LogP) is 5.79. The number of hydrogen-bond acceptors (Lipinski definition) is 4. The van der Waals surface area contributed by atoms with Crippen LogP contribution < -0.4 is 0 Å². The number of carbonyl (C=O) groups is 1. The van der Waals surface area contributed by atoms with Gasteiger partial charge < -0.3 is 4.74 Å². The van der Waals surface area contributed by atoms with Gasteiger partial charge in [0.2, 0.25) is 0 Å². The van der Waals surface area contributed by atoms with Crippen LogP contribution in [0.3, 0.4) is 0 Å². The molecule has 0 saturated carbocycles. The van der Waals surface area contributed by atoms with Gasteiger partial charge in [-0.2, -0.15) is 0 Å². The highest BCUT2D eigenvalue weighted by atomic mass is 79.9. The van der Waals surface area contributed by atoms with E-state index < -0.39 is 5.41 Å². The molecule has 0 saturated heterocycles. The number of halogens is 2. The lowest BCUT2D eigenvalue weighted by Crippen LogP contribution is -2.34. The van der Waals surface area contributed by atoms with Gasteiger partial charge in [0, 0.05) is 4.47 Å². The lowest BCUT2D eigenvalue weighted by molar-refractivity contribution is -0.145. The van der Waals surface area contributed by atoms with Gasteiger partial charge in [0.15, 0.2) is 0 Å². The van der Waals surface area contributed by atoms with Crippen molar-refractivity contribution in [2.75, 3.05) is 7.11 Å². The number of hydrogen-bond donors (Lipinski definition) is 0. The molecule has 0 spiro atoms. The van der Waals surface area contributed by atoms with Crippen molar-refractivity contribution in [1.82, 2.24) is 4.98 Å². The number of para-hydroxylation sites is 1. The van der Waals surface area contributed by atoms with Crippen molar-refractivity contribution in [2.24, 2.45) is 0 Å². The number of aromatic nitrogens is 1. The van der Waals surface area contributed by atoms with E-state index in [9.17, 15) is 9.18 Å². The highest BCUT2D eigenvalue weighted by molar-refractivity contribution is 9.10. The number of benzene rings is 2. The van der Waals surface area contributed by atoms with Crippen molar-refractivity contribution in [3.8, 4) is 0 Å². The predicted molar refractivity (Wildman–Crippen MR) is 109 cm³/mol. The summed E-state index contributed by atoms with van der Waals surface area (Å²) in [5, 5.41) is 0.886. The largest absolute Gasteiger partial charge is 0.468 e. The van der Waals surface area contributed by atoms with Crippen molar-refractivity contribution in [2.45, 2.75) is 25.2 Å². The summed E-state index contributed by atoms with van der Waals surface area (Å²) in [5.74, 6) is -0.685. The van der Waals surface area contributed by atoms with Gasteiger partial charge in [-0.3, -0.25) is 4.79 Å². The number of allylic oxidation sites excluding steroid dienone is 1. The van der Waals surface area contributed by atoms with Crippen molar-refractivity contribution >= 4 is 49.0 Å². The Bertz CT molecular complexity index is 1090. The van der Waals surface area contributed by atoms with Crippen LogP contribution >= 0.6 is 27.3 Å². The molecule has 3 nitrogen and oxygen atoms in total. The first-order valence-electron chi connectivity index (χ1n) is 8.57. The number of carbonyl (C=O) groups excluding carboxylic acids is 1. The lowest BCUT2D eigenvalue weighted by atomic mass is 9.78. The molecular formula is C21H17BrFNO2S. The second kappa shape index (κ2) is 6.84. The molecule has 2 aromatic carbocycles. The first-order chi connectivity index (χ1) is 13.0. The zero-order valence-electron chi connectivity index (χ0n) is 14.9. The number of ether oxygens (including phenoxy) is 1. The van der Waals surface area contributed by atoms with E-state index in [2.05, 4.69) is 15.9 Å². The molecule has 0 N–H and O–H groups in total. The van der Waals surface area contributed by atoms with Crippen LogP contribution in [0.5, 0.6) is 0 Å². The molecule has 1 aliphatic carbocycles. The molecule has 138 valence electrons. The maximum Gasteiger partial charge on any atom is 0.320 e. The fourth-order valence-electron chi connectivity index (χ4n) is 3.75. The Balaban J connectivity index is 1.87. The van der Waals surface area contributed by atoms with E-state index in [1.807, 2.05) is 30.3 Å². The number of esters is 1. The zero-order chi connectivity index (χ0) is 19.2. The van der Waals surface area contributed by atoms with Crippen LogP contribution in [0.25, 0.3) is 15.8 Å². The van der Waals surface area contributed by atoms with Crippen molar-refractivity contribution in [3.63, 3.8) is 0 Å². The van der Waals surface area contributed by atoms with Gasteiger partial charge in [-0.15, -0.1) is 11.3 Å². The minimum absolute atomic E-state index is 0.318. The molecule has 3 aromatic rings. The van der Waals surface area contributed by atoms with E-state index in [1.54, 1.807) is 24.3 Å². The van der Waals surface area contributed by atoms with Crippen LogP contribution in [0.1, 0.15) is 29.0 Å². The summed E-state index contributed by atoms with van der Waals surface area (Å²) >= 11 is 5.13. The van der Waals surface area contributed by atoms with Gasteiger partial charge >= 0.3 is 5.97 Å². The molecule has 0 radical (unpaired) electrons. The number of fused-ring (bicyclic) bond motifs is 1. The third kappa shape index (κ3) is 2.91. The van der Waals surface area contributed by atoms with Gasteiger partial charge in [0.25, 0.3) is 0 Å². The minimum atomic E-state index is -0.981. The van der Waals surface area contributed by atoms with E-state index in [0.29, 0.717) is 24.0 Å². The molecule has 1 aromatic heterocycles.